The van der Waals surface area contributed by atoms with Gasteiger partial charge in [-0.25, -0.2) is 0 Å². The van der Waals surface area contributed by atoms with Crippen molar-refractivity contribution in [2.45, 2.75) is 11.7 Å². The number of hydrogen-bond acceptors (Lipinski definition) is 6. The van der Waals surface area contributed by atoms with Crippen molar-refractivity contribution in [2.75, 3.05) is 5.75 Å². The fraction of sp³-hybridized carbons (Fsp3) is 0.200. The van der Waals surface area contributed by atoms with Crippen LogP contribution in [0.15, 0.2) is 47.2 Å². The summed E-state index contributed by atoms with van der Waals surface area (Å²) in [5.74, 6) is 1.03. The lowest BCUT2D eigenvalue weighted by atomic mass is 10.3. The van der Waals surface area contributed by atoms with Crippen LogP contribution in [-0.4, -0.2) is 31.4 Å². The Morgan fingerprint density at radius 3 is 3.00 bits per heavy atom. The number of hydrogen-bond donors (Lipinski definition) is 1. The van der Waals surface area contributed by atoms with E-state index in [0.717, 1.165) is 16.3 Å². The van der Waals surface area contributed by atoms with E-state index in [4.69, 9.17) is 0 Å². The molecule has 0 aromatic carbocycles. The van der Waals surface area contributed by atoms with Gasteiger partial charge in [-0.05, 0) is 23.6 Å². The summed E-state index contributed by atoms with van der Waals surface area (Å²) < 4.78 is 1.87. The summed E-state index contributed by atoms with van der Waals surface area (Å²) in [6.07, 6.45) is 3.46. The first-order valence-electron chi connectivity index (χ1n) is 6.95. The molecule has 3 heterocycles. The molecule has 6 nitrogen and oxygen atoms in total. The van der Waals surface area contributed by atoms with Gasteiger partial charge in [0.25, 0.3) is 0 Å². The van der Waals surface area contributed by atoms with Crippen molar-refractivity contribution >= 4 is 29.0 Å². The van der Waals surface area contributed by atoms with Gasteiger partial charge in [0.2, 0.25) is 5.91 Å². The highest BCUT2D eigenvalue weighted by Gasteiger charge is 2.12. The normalized spacial score (nSPS) is 10.7. The second-order valence-corrected chi connectivity index (χ2v) is 6.73. The van der Waals surface area contributed by atoms with Gasteiger partial charge >= 0.3 is 0 Å². The molecule has 1 amide bonds. The summed E-state index contributed by atoms with van der Waals surface area (Å²) in [5, 5.41) is 13.9. The molecule has 0 radical (unpaired) electrons. The third-order valence-corrected chi connectivity index (χ3v) is 5.02. The number of pyridine rings is 1. The van der Waals surface area contributed by atoms with Crippen LogP contribution >= 0.6 is 23.1 Å². The molecule has 0 spiro atoms. The summed E-state index contributed by atoms with van der Waals surface area (Å²) >= 11 is 3.00. The first-order chi connectivity index (χ1) is 11.2. The van der Waals surface area contributed by atoms with Gasteiger partial charge < -0.3 is 9.88 Å². The molecule has 3 rings (SSSR count). The van der Waals surface area contributed by atoms with Crippen LogP contribution in [0.4, 0.5) is 0 Å². The van der Waals surface area contributed by atoms with Crippen LogP contribution in [0.2, 0.25) is 0 Å². The lowest BCUT2D eigenvalue weighted by molar-refractivity contribution is -0.118. The highest BCUT2D eigenvalue weighted by atomic mass is 32.2. The average molecular weight is 345 g/mol. The molecular formula is C15H15N5OS2. The van der Waals surface area contributed by atoms with E-state index in [1.165, 1.54) is 11.8 Å². The Hall–Kier alpha value is -2.19. The molecule has 3 aromatic rings. The monoisotopic (exact) mass is 345 g/mol. The molecule has 118 valence electrons. The van der Waals surface area contributed by atoms with Crippen LogP contribution in [0.5, 0.6) is 0 Å². The van der Waals surface area contributed by atoms with E-state index >= 15 is 0 Å². The van der Waals surface area contributed by atoms with Crippen molar-refractivity contribution in [3.8, 4) is 11.4 Å². The van der Waals surface area contributed by atoms with Gasteiger partial charge in [-0.1, -0.05) is 17.8 Å². The smallest absolute Gasteiger partial charge is 0.230 e. The number of carbonyl (C=O) groups is 1. The maximum Gasteiger partial charge on any atom is 0.230 e. The maximum absolute atomic E-state index is 11.9. The van der Waals surface area contributed by atoms with Crippen LogP contribution in [0.25, 0.3) is 11.4 Å². The van der Waals surface area contributed by atoms with Gasteiger partial charge in [0.05, 0.1) is 12.3 Å². The van der Waals surface area contributed by atoms with E-state index in [1.54, 1.807) is 23.7 Å². The van der Waals surface area contributed by atoms with E-state index in [2.05, 4.69) is 20.5 Å². The zero-order valence-corrected chi connectivity index (χ0v) is 14.1. The van der Waals surface area contributed by atoms with Gasteiger partial charge in [0.1, 0.15) is 0 Å². The van der Waals surface area contributed by atoms with Gasteiger partial charge in [0, 0.05) is 29.9 Å². The molecule has 3 aromatic heterocycles. The quantitative estimate of drug-likeness (QED) is 0.694. The predicted octanol–water partition coefficient (Wildman–Crippen LogP) is 2.35. The van der Waals surface area contributed by atoms with Gasteiger partial charge in [-0.3, -0.25) is 9.78 Å². The second kappa shape index (κ2) is 7.38. The summed E-state index contributed by atoms with van der Waals surface area (Å²) in [6, 6.07) is 7.76. The Kier molecular flexibility index (Phi) is 5.04. The largest absolute Gasteiger partial charge is 0.350 e. The standard InChI is InChI=1S/C15H15N5OS2/c1-20-14(11-4-2-6-16-8-11)18-19-15(20)23-10-13(21)17-9-12-5-3-7-22-12/h2-8H,9-10H2,1H3,(H,17,21). The SMILES string of the molecule is Cn1c(SCC(=O)NCc2cccs2)nnc1-c1cccnc1. The Morgan fingerprint density at radius 2 is 2.26 bits per heavy atom. The van der Waals surface area contributed by atoms with Crippen LogP contribution < -0.4 is 5.32 Å². The molecule has 0 aliphatic rings. The number of nitrogens with one attached hydrogen (secondary N) is 1. The van der Waals surface area contributed by atoms with Crippen LogP contribution in [-0.2, 0) is 18.4 Å². The summed E-state index contributed by atoms with van der Waals surface area (Å²) in [4.78, 5) is 17.1. The van der Waals surface area contributed by atoms with Gasteiger partial charge in [-0.2, -0.15) is 0 Å². The fourth-order valence-corrected chi connectivity index (χ4v) is 3.35. The zero-order chi connectivity index (χ0) is 16.1. The number of thiophene rings is 1. The van der Waals surface area contributed by atoms with E-state index in [9.17, 15) is 4.79 Å². The number of thioether (sulfide) groups is 1. The molecule has 0 fully saturated rings. The molecule has 23 heavy (non-hydrogen) atoms. The maximum atomic E-state index is 11.9. The highest BCUT2D eigenvalue weighted by molar-refractivity contribution is 7.99. The van der Waals surface area contributed by atoms with Crippen LogP contribution in [0, 0.1) is 0 Å². The molecule has 0 atom stereocenters. The van der Waals surface area contributed by atoms with Crippen molar-refractivity contribution in [1.29, 1.82) is 0 Å². The Morgan fingerprint density at radius 1 is 1.35 bits per heavy atom. The Labute approximate surface area is 142 Å². The number of rotatable bonds is 6. The zero-order valence-electron chi connectivity index (χ0n) is 12.5. The van der Waals surface area contributed by atoms with Gasteiger partial charge in [0.15, 0.2) is 11.0 Å². The summed E-state index contributed by atoms with van der Waals surface area (Å²) in [5.41, 5.74) is 0.900. The van der Waals surface area contributed by atoms with Crippen molar-refractivity contribution in [3.05, 3.63) is 46.9 Å². The Bertz CT molecular complexity index is 771. The molecule has 0 unspecified atom stereocenters. The van der Waals surface area contributed by atoms with Crippen molar-refractivity contribution in [1.82, 2.24) is 25.1 Å². The lowest BCUT2D eigenvalue weighted by Crippen LogP contribution is -2.24. The number of nitrogens with zero attached hydrogens (tertiary/aromatic N) is 4. The average Bonchev–Trinajstić information content (AvgIpc) is 3.22. The molecule has 1 N–H and O–H groups in total. The minimum absolute atomic E-state index is 0.0191. The van der Waals surface area contributed by atoms with Gasteiger partial charge in [-0.15, -0.1) is 21.5 Å². The third-order valence-electron chi connectivity index (χ3n) is 3.13. The molecule has 0 bridgehead atoms. The summed E-state index contributed by atoms with van der Waals surface area (Å²) in [7, 11) is 1.88. The first kappa shape index (κ1) is 15.7. The molecule has 0 aliphatic carbocycles. The minimum atomic E-state index is -0.0191. The number of aromatic nitrogens is 4. The molecule has 0 aliphatic heterocycles. The summed E-state index contributed by atoms with van der Waals surface area (Å²) in [6.45, 7) is 0.566. The first-order valence-corrected chi connectivity index (χ1v) is 8.82. The van der Waals surface area contributed by atoms with E-state index < -0.39 is 0 Å². The predicted molar refractivity (Wildman–Crippen MR) is 91.1 cm³/mol. The van der Waals surface area contributed by atoms with Crippen LogP contribution in [0.1, 0.15) is 4.88 Å². The van der Waals surface area contributed by atoms with E-state index in [0.29, 0.717) is 17.5 Å². The van der Waals surface area contributed by atoms with Crippen molar-refractivity contribution in [2.24, 2.45) is 7.05 Å². The molecule has 0 saturated heterocycles. The van der Waals surface area contributed by atoms with Crippen molar-refractivity contribution < 1.29 is 4.79 Å². The topological polar surface area (TPSA) is 72.7 Å². The number of carbonyl (C=O) groups excluding carboxylic acids is 1. The van der Waals surface area contributed by atoms with E-state index in [1.807, 2.05) is 41.3 Å². The Balaban J connectivity index is 1.56. The third kappa shape index (κ3) is 3.96. The van der Waals surface area contributed by atoms with Crippen LogP contribution in [0.3, 0.4) is 0 Å². The highest BCUT2D eigenvalue weighted by Crippen LogP contribution is 2.21. The van der Waals surface area contributed by atoms with E-state index in [-0.39, 0.29) is 5.91 Å². The molecular weight excluding hydrogens is 330 g/mol. The second-order valence-electron chi connectivity index (χ2n) is 4.75. The lowest BCUT2D eigenvalue weighted by Gasteiger charge is -2.04. The van der Waals surface area contributed by atoms with Crippen molar-refractivity contribution in [3.63, 3.8) is 0 Å². The number of amides is 1. The molecule has 0 saturated carbocycles. The fourth-order valence-electron chi connectivity index (χ4n) is 1.97. The molecule has 8 heteroatoms. The minimum Gasteiger partial charge on any atom is -0.350 e.